The van der Waals surface area contributed by atoms with Gasteiger partial charge in [0.2, 0.25) is 15.9 Å². The van der Waals surface area contributed by atoms with Gasteiger partial charge in [-0.15, -0.1) is 12.4 Å². The molecule has 24 heavy (non-hydrogen) atoms. The van der Waals surface area contributed by atoms with Crippen LogP contribution in [-0.2, 0) is 21.2 Å². The zero-order chi connectivity index (χ0) is 17.7. The van der Waals surface area contributed by atoms with Gasteiger partial charge in [-0.25, -0.2) is 13.1 Å². The van der Waals surface area contributed by atoms with Gasteiger partial charge < -0.3 is 11.1 Å². The maximum Gasteiger partial charge on any atom is 0.240 e. The molecule has 4 N–H and O–H groups in total. The van der Waals surface area contributed by atoms with Gasteiger partial charge in [-0.2, -0.15) is 0 Å². The molecule has 1 aromatic carbocycles. The number of aryl methyl sites for hydroxylation is 1. The summed E-state index contributed by atoms with van der Waals surface area (Å²) >= 11 is 0. The van der Waals surface area contributed by atoms with Crippen LogP contribution in [0.4, 0.5) is 0 Å². The van der Waals surface area contributed by atoms with Gasteiger partial charge in [0, 0.05) is 13.0 Å². The maximum atomic E-state index is 12.1. The topological polar surface area (TPSA) is 101 Å². The lowest BCUT2D eigenvalue weighted by atomic mass is 9.88. The molecule has 0 radical (unpaired) electrons. The monoisotopic (exact) mass is 377 g/mol. The fourth-order valence-corrected chi connectivity index (χ4v) is 2.75. The van der Waals surface area contributed by atoms with E-state index in [2.05, 4.69) is 10.0 Å². The van der Waals surface area contributed by atoms with Crippen molar-refractivity contribution in [2.75, 3.05) is 13.6 Å². The van der Waals surface area contributed by atoms with Crippen molar-refractivity contribution < 1.29 is 13.2 Å². The number of nitrogens with two attached hydrogens (primary N) is 1. The summed E-state index contributed by atoms with van der Waals surface area (Å²) in [5, 5.41) is 2.99. The van der Waals surface area contributed by atoms with Crippen LogP contribution in [0.5, 0.6) is 0 Å². The van der Waals surface area contributed by atoms with Crippen molar-refractivity contribution in [3.05, 3.63) is 29.8 Å². The number of nitrogens with one attached hydrogen (secondary N) is 2. The highest BCUT2D eigenvalue weighted by Crippen LogP contribution is 2.16. The van der Waals surface area contributed by atoms with E-state index in [1.807, 2.05) is 20.8 Å². The molecule has 0 aliphatic carbocycles. The first-order valence-corrected chi connectivity index (χ1v) is 9.16. The molecule has 0 bridgehead atoms. The van der Waals surface area contributed by atoms with Gasteiger partial charge in [0.1, 0.15) is 0 Å². The third kappa shape index (κ3) is 6.05. The zero-order valence-corrected chi connectivity index (χ0v) is 16.3. The summed E-state index contributed by atoms with van der Waals surface area (Å²) < 4.78 is 25.6. The van der Waals surface area contributed by atoms with E-state index in [1.54, 1.807) is 12.1 Å². The Hall–Kier alpha value is -1.15. The molecule has 1 unspecified atom stereocenters. The Labute approximate surface area is 151 Å². The molecular weight excluding hydrogens is 350 g/mol. The van der Waals surface area contributed by atoms with Gasteiger partial charge in [0.15, 0.2) is 0 Å². The number of amides is 1. The van der Waals surface area contributed by atoms with Crippen LogP contribution >= 0.6 is 12.4 Å². The van der Waals surface area contributed by atoms with E-state index < -0.39 is 15.6 Å². The number of carbonyl (C=O) groups excluding carboxylic acids is 1. The lowest BCUT2D eigenvalue weighted by Gasteiger charge is -2.33. The van der Waals surface area contributed by atoms with Crippen LogP contribution in [0.25, 0.3) is 0 Å². The SMILES string of the molecule is CNS(=O)(=O)c1ccc(CCC(=O)NC(C)(CN)C(C)C)cc1.Cl. The smallest absolute Gasteiger partial charge is 0.240 e. The van der Waals surface area contributed by atoms with Crippen molar-refractivity contribution in [2.24, 2.45) is 11.7 Å². The highest BCUT2D eigenvalue weighted by molar-refractivity contribution is 7.89. The average molecular weight is 378 g/mol. The minimum absolute atomic E-state index is 0. The summed E-state index contributed by atoms with van der Waals surface area (Å²) in [5.41, 5.74) is 6.25. The molecule has 138 valence electrons. The molecule has 8 heteroatoms. The molecule has 0 aliphatic rings. The number of halogens is 1. The summed E-state index contributed by atoms with van der Waals surface area (Å²) in [6, 6.07) is 6.53. The van der Waals surface area contributed by atoms with Crippen LogP contribution in [0.15, 0.2) is 29.2 Å². The van der Waals surface area contributed by atoms with E-state index in [4.69, 9.17) is 5.73 Å². The molecule has 1 amide bonds. The Morgan fingerprint density at radius 2 is 1.79 bits per heavy atom. The van der Waals surface area contributed by atoms with Crippen molar-refractivity contribution >= 4 is 28.3 Å². The molecule has 0 heterocycles. The molecule has 0 fully saturated rings. The second kappa shape index (κ2) is 9.36. The molecule has 1 aromatic rings. The summed E-state index contributed by atoms with van der Waals surface area (Å²) in [6.07, 6.45) is 0.880. The van der Waals surface area contributed by atoms with E-state index in [1.165, 1.54) is 19.2 Å². The molecule has 0 aromatic heterocycles. The zero-order valence-electron chi connectivity index (χ0n) is 14.6. The van der Waals surface area contributed by atoms with Crippen LogP contribution in [0.3, 0.4) is 0 Å². The van der Waals surface area contributed by atoms with Gasteiger partial charge in [-0.05, 0) is 44.0 Å². The third-order valence-corrected chi connectivity index (χ3v) is 5.70. The van der Waals surface area contributed by atoms with Gasteiger partial charge in [0.25, 0.3) is 0 Å². The van der Waals surface area contributed by atoms with Crippen LogP contribution < -0.4 is 15.8 Å². The first-order valence-electron chi connectivity index (χ1n) is 7.68. The number of sulfonamides is 1. The van der Waals surface area contributed by atoms with Gasteiger partial charge in [0.05, 0.1) is 10.4 Å². The number of hydrogen-bond donors (Lipinski definition) is 3. The van der Waals surface area contributed by atoms with E-state index >= 15 is 0 Å². The number of benzene rings is 1. The van der Waals surface area contributed by atoms with E-state index in [0.717, 1.165) is 5.56 Å². The van der Waals surface area contributed by atoms with Gasteiger partial charge in [-0.1, -0.05) is 26.0 Å². The summed E-state index contributed by atoms with van der Waals surface area (Å²) in [5.74, 6) is 0.182. The maximum absolute atomic E-state index is 12.1. The minimum Gasteiger partial charge on any atom is -0.349 e. The second-order valence-electron chi connectivity index (χ2n) is 6.18. The molecule has 1 rings (SSSR count). The van der Waals surface area contributed by atoms with Crippen LogP contribution in [0.1, 0.15) is 32.8 Å². The Morgan fingerprint density at radius 1 is 1.25 bits per heavy atom. The fourth-order valence-electron chi connectivity index (χ4n) is 2.02. The van der Waals surface area contributed by atoms with Gasteiger partial charge >= 0.3 is 0 Å². The van der Waals surface area contributed by atoms with E-state index in [9.17, 15) is 13.2 Å². The molecule has 0 aliphatic heterocycles. The van der Waals surface area contributed by atoms with Crippen LogP contribution in [-0.4, -0.2) is 33.5 Å². The predicted octanol–water partition coefficient (Wildman–Crippen LogP) is 1.44. The average Bonchev–Trinajstić information content (AvgIpc) is 2.53. The normalized spacial score (nSPS) is 13.9. The number of carbonyl (C=O) groups is 1. The van der Waals surface area contributed by atoms with Crippen molar-refractivity contribution in [1.82, 2.24) is 10.0 Å². The minimum atomic E-state index is -3.43. The van der Waals surface area contributed by atoms with Crippen molar-refractivity contribution in [3.8, 4) is 0 Å². The summed E-state index contributed by atoms with van der Waals surface area (Å²) in [7, 11) is -2.05. The Morgan fingerprint density at radius 3 is 2.21 bits per heavy atom. The first kappa shape index (κ1) is 22.9. The molecular formula is C16H28ClN3O3S. The second-order valence-corrected chi connectivity index (χ2v) is 8.06. The van der Waals surface area contributed by atoms with Crippen molar-refractivity contribution in [1.29, 1.82) is 0 Å². The van der Waals surface area contributed by atoms with E-state index in [0.29, 0.717) is 19.4 Å². The Kier molecular flexibility index (Phi) is 8.91. The highest BCUT2D eigenvalue weighted by Gasteiger charge is 2.28. The van der Waals surface area contributed by atoms with E-state index in [-0.39, 0.29) is 29.1 Å². The number of rotatable bonds is 8. The first-order chi connectivity index (χ1) is 10.6. The number of hydrogen-bond acceptors (Lipinski definition) is 4. The van der Waals surface area contributed by atoms with Crippen LogP contribution in [0, 0.1) is 5.92 Å². The molecule has 1 atom stereocenters. The molecule has 0 saturated carbocycles. The van der Waals surface area contributed by atoms with Gasteiger partial charge in [-0.3, -0.25) is 4.79 Å². The highest BCUT2D eigenvalue weighted by atomic mass is 35.5. The lowest BCUT2D eigenvalue weighted by molar-refractivity contribution is -0.123. The van der Waals surface area contributed by atoms with Crippen molar-refractivity contribution in [2.45, 2.75) is 44.0 Å². The van der Waals surface area contributed by atoms with Crippen molar-refractivity contribution in [3.63, 3.8) is 0 Å². The molecule has 0 spiro atoms. The molecule has 0 saturated heterocycles. The largest absolute Gasteiger partial charge is 0.349 e. The third-order valence-electron chi connectivity index (χ3n) is 4.27. The Balaban J connectivity index is 0.00000529. The lowest BCUT2D eigenvalue weighted by Crippen LogP contribution is -2.55. The Bertz CT molecular complexity index is 632. The predicted molar refractivity (Wildman–Crippen MR) is 98.7 cm³/mol. The fraction of sp³-hybridized carbons (Fsp3) is 0.562. The quantitative estimate of drug-likeness (QED) is 0.638. The summed E-state index contributed by atoms with van der Waals surface area (Å²) in [6.45, 7) is 6.36. The van der Waals surface area contributed by atoms with Crippen LogP contribution in [0.2, 0.25) is 0 Å². The standard InChI is InChI=1S/C16H27N3O3S.ClH/c1-12(2)16(3,11-17)19-15(20)10-7-13-5-8-14(9-6-13)23(21,22)18-4;/h5-6,8-9,12,18H,7,10-11,17H2,1-4H3,(H,19,20);1H. The molecule has 6 nitrogen and oxygen atoms in total. The summed E-state index contributed by atoms with van der Waals surface area (Å²) in [4.78, 5) is 12.3.